The van der Waals surface area contributed by atoms with Crippen LogP contribution in [-0.4, -0.2) is 23.9 Å². The summed E-state index contributed by atoms with van der Waals surface area (Å²) in [5.74, 6) is -0.288. The van der Waals surface area contributed by atoms with Crippen molar-refractivity contribution in [3.05, 3.63) is 29.3 Å². The molecule has 1 aromatic carbocycles. The average Bonchev–Trinajstić information content (AvgIpc) is 2.27. The van der Waals surface area contributed by atoms with Crippen molar-refractivity contribution >= 4 is 29.1 Å². The molecule has 1 aromatic rings. The number of halogens is 1. The molecule has 0 spiro atoms. The second-order valence-corrected chi connectivity index (χ2v) is 4.88. The predicted molar refractivity (Wildman–Crippen MR) is 66.0 cm³/mol. The molecular weight excluding hydrogens is 240 g/mol. The molecule has 0 unspecified atom stereocenters. The van der Waals surface area contributed by atoms with Crippen LogP contribution >= 0.6 is 11.6 Å². The van der Waals surface area contributed by atoms with E-state index in [0.717, 1.165) is 0 Å². The van der Waals surface area contributed by atoms with E-state index in [1.165, 1.54) is 4.90 Å². The van der Waals surface area contributed by atoms with Crippen LogP contribution in [0.25, 0.3) is 0 Å². The summed E-state index contributed by atoms with van der Waals surface area (Å²) >= 11 is 5.80. The van der Waals surface area contributed by atoms with E-state index in [-0.39, 0.29) is 18.4 Å². The number of amides is 2. The number of benzene rings is 1. The van der Waals surface area contributed by atoms with Crippen LogP contribution < -0.4 is 10.2 Å². The molecule has 0 radical (unpaired) electrons. The van der Waals surface area contributed by atoms with Gasteiger partial charge in [0.2, 0.25) is 11.8 Å². The first-order chi connectivity index (χ1) is 7.93. The molecule has 0 saturated carbocycles. The summed E-state index contributed by atoms with van der Waals surface area (Å²) in [6, 6.07) is 6.88. The number of carbonyl (C=O) groups excluding carboxylic acids is 2. The van der Waals surface area contributed by atoms with E-state index < -0.39 is 5.54 Å². The van der Waals surface area contributed by atoms with Crippen molar-refractivity contribution in [1.29, 1.82) is 0 Å². The summed E-state index contributed by atoms with van der Waals surface area (Å²) in [4.78, 5) is 25.2. The molecule has 1 heterocycles. The summed E-state index contributed by atoms with van der Waals surface area (Å²) < 4.78 is 0. The van der Waals surface area contributed by atoms with Gasteiger partial charge in [0.05, 0.1) is 6.54 Å². The highest BCUT2D eigenvalue weighted by Crippen LogP contribution is 2.27. The maximum Gasteiger partial charge on any atom is 0.247 e. The highest BCUT2D eigenvalue weighted by atomic mass is 35.5. The van der Waals surface area contributed by atoms with Gasteiger partial charge >= 0.3 is 0 Å². The number of hydrogen-bond donors (Lipinski definition) is 1. The third kappa shape index (κ3) is 2.00. The molecule has 1 saturated heterocycles. The highest BCUT2D eigenvalue weighted by Gasteiger charge is 2.42. The van der Waals surface area contributed by atoms with Crippen LogP contribution in [0, 0.1) is 0 Å². The quantitative estimate of drug-likeness (QED) is 0.825. The standard InChI is InChI=1S/C12H13ClN2O2/c1-12(2)11(17)14-7-10(16)15(12)9-5-3-8(13)4-6-9/h3-6H,7H2,1-2H3,(H,14,17). The largest absolute Gasteiger partial charge is 0.345 e. The van der Waals surface area contributed by atoms with Gasteiger partial charge in [0.25, 0.3) is 0 Å². The van der Waals surface area contributed by atoms with Crippen LogP contribution in [-0.2, 0) is 9.59 Å². The van der Waals surface area contributed by atoms with E-state index >= 15 is 0 Å². The Morgan fingerprint density at radius 1 is 1.24 bits per heavy atom. The van der Waals surface area contributed by atoms with E-state index in [1.54, 1.807) is 38.1 Å². The smallest absolute Gasteiger partial charge is 0.247 e. The molecule has 2 amide bonds. The highest BCUT2D eigenvalue weighted by molar-refractivity contribution is 6.30. The molecule has 90 valence electrons. The van der Waals surface area contributed by atoms with Crippen LogP contribution in [0.15, 0.2) is 24.3 Å². The lowest BCUT2D eigenvalue weighted by Crippen LogP contribution is -2.64. The van der Waals surface area contributed by atoms with E-state index in [2.05, 4.69) is 5.32 Å². The maximum atomic E-state index is 11.9. The van der Waals surface area contributed by atoms with Gasteiger partial charge in [0.1, 0.15) is 5.54 Å². The predicted octanol–water partition coefficient (Wildman–Crippen LogP) is 1.58. The van der Waals surface area contributed by atoms with Gasteiger partial charge in [-0.25, -0.2) is 0 Å². The second-order valence-electron chi connectivity index (χ2n) is 4.45. The average molecular weight is 253 g/mol. The molecule has 0 aromatic heterocycles. The Bertz CT molecular complexity index is 468. The number of nitrogens with one attached hydrogen (secondary N) is 1. The summed E-state index contributed by atoms with van der Waals surface area (Å²) in [6.07, 6.45) is 0. The Morgan fingerprint density at radius 3 is 2.41 bits per heavy atom. The SMILES string of the molecule is CC1(C)C(=O)NCC(=O)N1c1ccc(Cl)cc1. The Kier molecular flexibility index (Phi) is 2.83. The van der Waals surface area contributed by atoms with E-state index in [4.69, 9.17) is 11.6 Å². The molecule has 0 bridgehead atoms. The van der Waals surface area contributed by atoms with Crippen molar-refractivity contribution in [2.24, 2.45) is 0 Å². The molecule has 0 aliphatic carbocycles. The first-order valence-corrected chi connectivity index (χ1v) is 5.67. The third-order valence-corrected chi connectivity index (χ3v) is 3.10. The summed E-state index contributed by atoms with van der Waals surface area (Å²) in [6.45, 7) is 3.47. The van der Waals surface area contributed by atoms with E-state index in [0.29, 0.717) is 10.7 Å². The molecule has 1 aliphatic rings. The van der Waals surface area contributed by atoms with Crippen LogP contribution in [0.1, 0.15) is 13.8 Å². The number of rotatable bonds is 1. The van der Waals surface area contributed by atoms with Crippen LogP contribution in [0.5, 0.6) is 0 Å². The summed E-state index contributed by atoms with van der Waals surface area (Å²) in [5.41, 5.74) is -0.206. The molecule has 1 N–H and O–H groups in total. The number of hydrogen-bond acceptors (Lipinski definition) is 2. The number of anilines is 1. The van der Waals surface area contributed by atoms with Crippen LogP contribution in [0.2, 0.25) is 5.02 Å². The van der Waals surface area contributed by atoms with Crippen LogP contribution in [0.4, 0.5) is 5.69 Å². The number of nitrogens with zero attached hydrogens (tertiary/aromatic N) is 1. The minimum absolute atomic E-state index is 0.0326. The normalized spacial score (nSPS) is 19.1. The van der Waals surface area contributed by atoms with Crippen molar-refractivity contribution in [3.8, 4) is 0 Å². The zero-order valence-electron chi connectivity index (χ0n) is 9.66. The van der Waals surface area contributed by atoms with Gasteiger partial charge in [0, 0.05) is 10.7 Å². The number of carbonyl (C=O) groups is 2. The van der Waals surface area contributed by atoms with Gasteiger partial charge in [-0.15, -0.1) is 0 Å². The Hall–Kier alpha value is -1.55. The fourth-order valence-electron chi connectivity index (χ4n) is 1.92. The van der Waals surface area contributed by atoms with Gasteiger partial charge in [-0.05, 0) is 38.1 Å². The van der Waals surface area contributed by atoms with Crippen molar-refractivity contribution in [2.75, 3.05) is 11.4 Å². The molecule has 1 fully saturated rings. The molecule has 0 atom stereocenters. The van der Waals surface area contributed by atoms with Crippen molar-refractivity contribution in [1.82, 2.24) is 5.32 Å². The van der Waals surface area contributed by atoms with Gasteiger partial charge < -0.3 is 5.32 Å². The zero-order chi connectivity index (χ0) is 12.6. The Balaban J connectivity index is 2.43. The molecule has 4 nitrogen and oxygen atoms in total. The lowest BCUT2D eigenvalue weighted by atomic mass is 9.97. The van der Waals surface area contributed by atoms with Gasteiger partial charge in [-0.3, -0.25) is 14.5 Å². The minimum atomic E-state index is -0.886. The maximum absolute atomic E-state index is 11.9. The molecule has 1 aliphatic heterocycles. The van der Waals surface area contributed by atoms with E-state index in [1.807, 2.05) is 0 Å². The second kappa shape index (κ2) is 4.04. The lowest BCUT2D eigenvalue weighted by molar-refractivity contribution is -0.134. The minimum Gasteiger partial charge on any atom is -0.345 e. The van der Waals surface area contributed by atoms with Crippen molar-refractivity contribution in [2.45, 2.75) is 19.4 Å². The Labute approximate surface area is 105 Å². The van der Waals surface area contributed by atoms with Gasteiger partial charge in [-0.2, -0.15) is 0 Å². The monoisotopic (exact) mass is 252 g/mol. The number of piperazine rings is 1. The first-order valence-electron chi connectivity index (χ1n) is 5.30. The molecule has 17 heavy (non-hydrogen) atoms. The molecular formula is C12H13ClN2O2. The summed E-state index contributed by atoms with van der Waals surface area (Å²) in [5, 5.41) is 3.17. The molecule has 2 rings (SSSR count). The van der Waals surface area contributed by atoms with Crippen molar-refractivity contribution in [3.63, 3.8) is 0 Å². The lowest BCUT2D eigenvalue weighted by Gasteiger charge is -2.40. The fraction of sp³-hybridized carbons (Fsp3) is 0.333. The van der Waals surface area contributed by atoms with Crippen LogP contribution in [0.3, 0.4) is 0 Å². The van der Waals surface area contributed by atoms with Crippen molar-refractivity contribution < 1.29 is 9.59 Å². The topological polar surface area (TPSA) is 49.4 Å². The zero-order valence-corrected chi connectivity index (χ0v) is 10.4. The summed E-state index contributed by atoms with van der Waals surface area (Å²) in [7, 11) is 0. The Morgan fingerprint density at radius 2 is 1.82 bits per heavy atom. The van der Waals surface area contributed by atoms with Gasteiger partial charge in [-0.1, -0.05) is 11.6 Å². The third-order valence-electron chi connectivity index (χ3n) is 2.85. The first kappa shape index (κ1) is 11.9. The fourth-order valence-corrected chi connectivity index (χ4v) is 2.05. The van der Waals surface area contributed by atoms with Gasteiger partial charge in [0.15, 0.2) is 0 Å². The molecule has 5 heteroatoms. The van der Waals surface area contributed by atoms with E-state index in [9.17, 15) is 9.59 Å².